The van der Waals surface area contributed by atoms with Gasteiger partial charge in [0.05, 0.1) is 28.0 Å². The van der Waals surface area contributed by atoms with Gasteiger partial charge in [-0.15, -0.1) is 5.10 Å². The van der Waals surface area contributed by atoms with Crippen LogP contribution in [0.1, 0.15) is 6.42 Å². The Bertz CT molecular complexity index is 1520. The highest BCUT2D eigenvalue weighted by atomic mass is 35.5. The van der Waals surface area contributed by atoms with E-state index in [1.807, 2.05) is 30.3 Å². The summed E-state index contributed by atoms with van der Waals surface area (Å²) in [5, 5.41) is 11.9. The molecule has 0 aliphatic heterocycles. The summed E-state index contributed by atoms with van der Waals surface area (Å²) in [6.07, 6.45) is 0.0822. The van der Waals surface area contributed by atoms with E-state index in [-0.39, 0.29) is 24.4 Å². The molecule has 2 heterocycles. The maximum absolute atomic E-state index is 12.5. The van der Waals surface area contributed by atoms with Crippen LogP contribution in [0.5, 0.6) is 0 Å². The highest BCUT2D eigenvalue weighted by molar-refractivity contribution is 6.33. The predicted octanol–water partition coefficient (Wildman–Crippen LogP) is 4.02. The van der Waals surface area contributed by atoms with Crippen LogP contribution in [0, 0.1) is 0 Å². The number of fused-ring (bicyclic) bond motifs is 2. The van der Waals surface area contributed by atoms with Crippen LogP contribution in [-0.4, -0.2) is 30.9 Å². The molecule has 0 fully saturated rings. The number of aromatic amines is 1. The minimum atomic E-state index is -0.269. The zero-order valence-corrected chi connectivity index (χ0v) is 17.5. The Balaban J connectivity index is 1.30. The van der Waals surface area contributed by atoms with Gasteiger partial charge in [-0.1, -0.05) is 41.1 Å². The number of carbonyl (C=O) groups is 1. The third kappa shape index (κ3) is 3.83. The largest absolute Gasteiger partial charge is 0.338 e. The van der Waals surface area contributed by atoms with E-state index in [2.05, 4.69) is 25.6 Å². The van der Waals surface area contributed by atoms with E-state index in [1.54, 1.807) is 36.4 Å². The van der Waals surface area contributed by atoms with Gasteiger partial charge in [-0.05, 0) is 42.5 Å². The number of nitrogens with one attached hydrogen (secondary N) is 2. The third-order valence-corrected chi connectivity index (χ3v) is 5.40. The predicted molar refractivity (Wildman–Crippen MR) is 124 cm³/mol. The van der Waals surface area contributed by atoms with Crippen molar-refractivity contribution in [2.24, 2.45) is 0 Å². The quantitative estimate of drug-likeness (QED) is 0.426. The third-order valence-electron chi connectivity index (χ3n) is 5.07. The molecule has 1 amide bonds. The molecule has 5 aromatic rings. The minimum Gasteiger partial charge on any atom is -0.338 e. The molecule has 3 aromatic carbocycles. The lowest BCUT2D eigenvalue weighted by atomic mass is 10.2. The van der Waals surface area contributed by atoms with Crippen LogP contribution in [0.15, 0.2) is 71.5 Å². The first-order valence-corrected chi connectivity index (χ1v) is 10.3. The summed E-state index contributed by atoms with van der Waals surface area (Å²) in [5.74, 6) is 0.417. The molecule has 0 saturated carbocycles. The van der Waals surface area contributed by atoms with Crippen molar-refractivity contribution in [3.63, 3.8) is 0 Å². The molecule has 0 aliphatic carbocycles. The molecule has 0 bridgehead atoms. The molecule has 0 spiro atoms. The van der Waals surface area contributed by atoms with Gasteiger partial charge >= 0.3 is 0 Å². The fourth-order valence-corrected chi connectivity index (χ4v) is 3.69. The second-order valence-corrected chi connectivity index (χ2v) is 7.64. The lowest BCUT2D eigenvalue weighted by molar-refractivity contribution is -0.116. The molecular formula is C23H17ClN6O2. The van der Waals surface area contributed by atoms with Crippen molar-refractivity contribution in [3.05, 3.63) is 82.1 Å². The van der Waals surface area contributed by atoms with Gasteiger partial charge in [0.1, 0.15) is 11.3 Å². The van der Waals surface area contributed by atoms with E-state index < -0.39 is 0 Å². The first kappa shape index (κ1) is 19.9. The van der Waals surface area contributed by atoms with Crippen molar-refractivity contribution in [2.45, 2.75) is 13.0 Å². The summed E-state index contributed by atoms with van der Waals surface area (Å²) in [6.45, 7) is 0.130. The molecule has 158 valence electrons. The van der Waals surface area contributed by atoms with E-state index in [1.165, 1.54) is 4.68 Å². The molecule has 2 aromatic heterocycles. The maximum atomic E-state index is 12.5. The van der Waals surface area contributed by atoms with Gasteiger partial charge in [0.25, 0.3) is 5.56 Å². The number of aryl methyl sites for hydroxylation is 1. The maximum Gasteiger partial charge on any atom is 0.277 e. The molecule has 0 saturated heterocycles. The Morgan fingerprint density at radius 1 is 1.03 bits per heavy atom. The van der Waals surface area contributed by atoms with Crippen LogP contribution in [0.3, 0.4) is 0 Å². The Labute approximate surface area is 186 Å². The number of aromatic nitrogens is 5. The van der Waals surface area contributed by atoms with Crippen molar-refractivity contribution in [3.8, 4) is 11.4 Å². The second-order valence-electron chi connectivity index (χ2n) is 7.23. The number of benzene rings is 3. The Morgan fingerprint density at radius 2 is 1.84 bits per heavy atom. The lowest BCUT2D eigenvalue weighted by Gasteiger charge is -2.06. The number of imidazole rings is 1. The molecule has 8 nitrogen and oxygen atoms in total. The van der Waals surface area contributed by atoms with Crippen molar-refractivity contribution < 1.29 is 4.79 Å². The summed E-state index contributed by atoms with van der Waals surface area (Å²) in [5.41, 5.74) is 3.22. The molecule has 2 N–H and O–H groups in total. The summed E-state index contributed by atoms with van der Waals surface area (Å²) in [6, 6.07) is 19.8. The highest BCUT2D eigenvalue weighted by Gasteiger charge is 2.11. The van der Waals surface area contributed by atoms with E-state index >= 15 is 0 Å². The summed E-state index contributed by atoms with van der Waals surface area (Å²) in [4.78, 5) is 32.8. The number of amides is 1. The average molecular weight is 445 g/mol. The van der Waals surface area contributed by atoms with Gasteiger partial charge in [0.2, 0.25) is 5.91 Å². The van der Waals surface area contributed by atoms with Gasteiger partial charge in [-0.25, -0.2) is 9.67 Å². The monoisotopic (exact) mass is 444 g/mol. The lowest BCUT2D eigenvalue weighted by Crippen LogP contribution is -2.26. The van der Waals surface area contributed by atoms with E-state index in [0.29, 0.717) is 27.4 Å². The summed E-state index contributed by atoms with van der Waals surface area (Å²) >= 11 is 6.26. The number of rotatable bonds is 5. The van der Waals surface area contributed by atoms with Crippen LogP contribution >= 0.6 is 11.6 Å². The van der Waals surface area contributed by atoms with Crippen LogP contribution in [-0.2, 0) is 11.3 Å². The fourth-order valence-electron chi connectivity index (χ4n) is 3.47. The second kappa shape index (κ2) is 8.24. The van der Waals surface area contributed by atoms with Gasteiger partial charge in [-0.3, -0.25) is 9.59 Å². The zero-order valence-electron chi connectivity index (χ0n) is 16.7. The molecule has 9 heteroatoms. The topological polar surface area (TPSA) is 106 Å². The summed E-state index contributed by atoms with van der Waals surface area (Å²) in [7, 11) is 0. The number of hydrogen-bond acceptors (Lipinski definition) is 5. The molecule has 0 unspecified atom stereocenters. The van der Waals surface area contributed by atoms with Gasteiger partial charge in [-0.2, -0.15) is 0 Å². The van der Waals surface area contributed by atoms with Gasteiger partial charge in [0, 0.05) is 17.7 Å². The van der Waals surface area contributed by atoms with Crippen molar-refractivity contribution in [1.82, 2.24) is 25.0 Å². The Morgan fingerprint density at radius 3 is 2.72 bits per heavy atom. The molecule has 0 aliphatic rings. The Hall–Kier alpha value is -4.04. The van der Waals surface area contributed by atoms with Crippen LogP contribution in [0.4, 0.5) is 5.69 Å². The number of carbonyl (C=O) groups excluding carboxylic acids is 1. The van der Waals surface area contributed by atoms with E-state index in [4.69, 9.17) is 11.6 Å². The summed E-state index contributed by atoms with van der Waals surface area (Å²) < 4.78 is 1.20. The van der Waals surface area contributed by atoms with Crippen LogP contribution in [0.2, 0.25) is 5.02 Å². The number of anilines is 1. The number of H-pyrrole nitrogens is 1. The first-order chi connectivity index (χ1) is 15.6. The molecule has 32 heavy (non-hydrogen) atoms. The van der Waals surface area contributed by atoms with Gasteiger partial charge < -0.3 is 10.3 Å². The Kier molecular flexibility index (Phi) is 5.12. The van der Waals surface area contributed by atoms with Crippen molar-refractivity contribution in [1.29, 1.82) is 0 Å². The number of nitrogens with zero attached hydrogens (tertiary/aromatic N) is 4. The average Bonchev–Trinajstić information content (AvgIpc) is 3.22. The van der Waals surface area contributed by atoms with E-state index in [9.17, 15) is 9.59 Å². The number of hydrogen-bond donors (Lipinski definition) is 2. The first-order valence-electron chi connectivity index (χ1n) is 9.95. The normalized spacial score (nSPS) is 11.2. The minimum absolute atomic E-state index is 0.0822. The zero-order chi connectivity index (χ0) is 22.1. The van der Waals surface area contributed by atoms with Crippen LogP contribution < -0.4 is 10.9 Å². The molecule has 0 radical (unpaired) electrons. The molecule has 5 rings (SSSR count). The van der Waals surface area contributed by atoms with E-state index in [0.717, 1.165) is 16.6 Å². The van der Waals surface area contributed by atoms with Crippen molar-refractivity contribution >= 4 is 45.1 Å². The van der Waals surface area contributed by atoms with Gasteiger partial charge in [0.15, 0.2) is 0 Å². The molecule has 0 atom stereocenters. The number of halogens is 1. The molecular weight excluding hydrogens is 428 g/mol. The van der Waals surface area contributed by atoms with Crippen LogP contribution in [0.25, 0.3) is 33.3 Å². The highest BCUT2D eigenvalue weighted by Crippen LogP contribution is 2.28. The standard InChI is InChI=1S/C23H17ClN6O2/c24-17-7-3-1-5-15(17)22-26-19-10-9-14(13-20(19)27-22)25-21(31)11-12-30-23(32)16-6-2-4-8-18(16)28-29-30/h1-10,13H,11-12H2,(H,25,31)(H,26,27). The van der Waals surface area contributed by atoms with Crippen molar-refractivity contribution in [2.75, 3.05) is 5.32 Å². The SMILES string of the molecule is O=C(CCn1nnc2ccccc2c1=O)Nc1ccc2nc(-c3ccccc3Cl)[nH]c2c1. The fraction of sp³-hybridized carbons (Fsp3) is 0.0870. The smallest absolute Gasteiger partial charge is 0.277 e.